The normalized spacial score (nSPS) is 12.6. The van der Waals surface area contributed by atoms with Crippen LogP contribution in [0.4, 0.5) is 0 Å². The van der Waals surface area contributed by atoms with E-state index in [1.54, 1.807) is 0 Å². The van der Waals surface area contributed by atoms with E-state index in [0.29, 0.717) is 5.56 Å². The van der Waals surface area contributed by atoms with Gasteiger partial charge in [0.15, 0.2) is 0 Å². The second-order valence-electron chi connectivity index (χ2n) is 4.09. The summed E-state index contributed by atoms with van der Waals surface area (Å²) in [7, 11) is -4.60. The first-order valence-electron chi connectivity index (χ1n) is 5.58. The van der Waals surface area contributed by atoms with Gasteiger partial charge in [0.05, 0.1) is 0 Å². The maximum absolute atomic E-state index is 11.2. The molecule has 0 bridgehead atoms. The third kappa shape index (κ3) is 5.83. The first-order chi connectivity index (χ1) is 9.17. The van der Waals surface area contributed by atoms with Gasteiger partial charge in [-0.15, -0.1) is 0 Å². The molecule has 0 radical (unpaired) electrons. The van der Waals surface area contributed by atoms with Gasteiger partial charge in [0.1, 0.15) is 11.8 Å². The van der Waals surface area contributed by atoms with Gasteiger partial charge in [0.25, 0.3) is 0 Å². The number of amides is 2. The van der Waals surface area contributed by atoms with Gasteiger partial charge in [-0.05, 0) is 17.7 Å². The number of hydrogen-bond acceptors (Lipinski definition) is 4. The molecule has 20 heavy (non-hydrogen) atoms. The highest BCUT2D eigenvalue weighted by molar-refractivity contribution is 7.46. The van der Waals surface area contributed by atoms with Crippen LogP contribution in [0, 0.1) is 0 Å². The molecular weight excluding hydrogens is 287 g/mol. The smallest absolute Gasteiger partial charge is 0.404 e. The Labute approximate surface area is 115 Å². The largest absolute Gasteiger partial charge is 0.524 e. The molecule has 0 fully saturated rings. The first kappa shape index (κ1) is 16.2. The average Bonchev–Trinajstić information content (AvgIpc) is 2.28. The Bertz CT molecular complexity index is 538. The van der Waals surface area contributed by atoms with Crippen LogP contribution in [0.3, 0.4) is 0 Å². The summed E-state index contributed by atoms with van der Waals surface area (Å²) in [5.74, 6) is -1.05. The van der Waals surface area contributed by atoms with Crippen LogP contribution in [-0.2, 0) is 20.6 Å². The van der Waals surface area contributed by atoms with E-state index in [0.717, 1.165) is 0 Å². The molecular formula is C11H15N2O6P. The molecule has 0 spiro atoms. The summed E-state index contributed by atoms with van der Waals surface area (Å²) in [6, 6.07) is 4.88. The van der Waals surface area contributed by atoms with Gasteiger partial charge in [-0.25, -0.2) is 4.57 Å². The van der Waals surface area contributed by atoms with Gasteiger partial charge in [0, 0.05) is 13.3 Å². The molecule has 0 heterocycles. The van der Waals surface area contributed by atoms with Crippen molar-refractivity contribution < 1.29 is 28.5 Å². The minimum Gasteiger partial charge on any atom is -0.404 e. The zero-order valence-electron chi connectivity index (χ0n) is 10.6. The van der Waals surface area contributed by atoms with E-state index >= 15 is 0 Å². The molecule has 0 aliphatic heterocycles. The molecule has 110 valence electrons. The highest BCUT2D eigenvalue weighted by Crippen LogP contribution is 2.37. The molecule has 1 unspecified atom stereocenters. The fraction of sp³-hybridized carbons (Fsp3) is 0.273. The Morgan fingerprint density at radius 1 is 1.35 bits per heavy atom. The van der Waals surface area contributed by atoms with Crippen molar-refractivity contribution in [1.82, 2.24) is 5.32 Å². The number of carbonyl (C=O) groups is 2. The molecule has 1 rings (SSSR count). The van der Waals surface area contributed by atoms with Crippen molar-refractivity contribution in [3.63, 3.8) is 0 Å². The fourth-order valence-electron chi connectivity index (χ4n) is 1.53. The number of phosphoric ester groups is 1. The van der Waals surface area contributed by atoms with Gasteiger partial charge in [0.2, 0.25) is 11.8 Å². The Hall–Kier alpha value is -1.89. The van der Waals surface area contributed by atoms with E-state index in [9.17, 15) is 14.2 Å². The molecule has 0 aliphatic rings. The number of nitrogens with two attached hydrogens (primary N) is 1. The molecule has 5 N–H and O–H groups in total. The lowest BCUT2D eigenvalue weighted by molar-refractivity contribution is -0.126. The van der Waals surface area contributed by atoms with Crippen molar-refractivity contribution >= 4 is 19.6 Å². The van der Waals surface area contributed by atoms with Gasteiger partial charge in [-0.3, -0.25) is 19.4 Å². The second kappa shape index (κ2) is 6.51. The van der Waals surface area contributed by atoms with Crippen molar-refractivity contribution in [2.75, 3.05) is 0 Å². The Morgan fingerprint density at radius 2 is 1.90 bits per heavy atom. The molecule has 1 atom stereocenters. The number of rotatable bonds is 6. The van der Waals surface area contributed by atoms with Crippen molar-refractivity contribution in [1.29, 1.82) is 0 Å². The van der Waals surface area contributed by atoms with E-state index in [4.69, 9.17) is 15.5 Å². The summed E-state index contributed by atoms with van der Waals surface area (Å²) in [6.07, 6.45) is 0.172. The fourth-order valence-corrected chi connectivity index (χ4v) is 1.92. The lowest BCUT2D eigenvalue weighted by Crippen LogP contribution is -2.44. The zero-order chi connectivity index (χ0) is 15.3. The topological polar surface area (TPSA) is 139 Å². The van der Waals surface area contributed by atoms with Gasteiger partial charge in [-0.1, -0.05) is 12.1 Å². The van der Waals surface area contributed by atoms with Crippen LogP contribution in [0.25, 0.3) is 0 Å². The molecule has 0 saturated carbocycles. The molecule has 0 aliphatic carbocycles. The lowest BCUT2D eigenvalue weighted by Gasteiger charge is -2.14. The highest BCUT2D eigenvalue weighted by atomic mass is 31.2. The Kier molecular flexibility index (Phi) is 5.26. The summed E-state index contributed by atoms with van der Waals surface area (Å²) in [5.41, 5.74) is 5.82. The van der Waals surface area contributed by atoms with E-state index in [-0.39, 0.29) is 18.1 Å². The molecule has 1 aromatic rings. The SMILES string of the molecule is CC(=O)NC(Cc1ccc(OP(=O)(O)O)cc1)C(N)=O. The van der Waals surface area contributed by atoms with Crippen LogP contribution < -0.4 is 15.6 Å². The third-order valence-electron chi connectivity index (χ3n) is 2.31. The van der Waals surface area contributed by atoms with Crippen molar-refractivity contribution in [2.45, 2.75) is 19.4 Å². The third-order valence-corrected chi connectivity index (χ3v) is 2.76. The van der Waals surface area contributed by atoms with Crippen LogP contribution in [0.1, 0.15) is 12.5 Å². The van der Waals surface area contributed by atoms with Crippen molar-refractivity contribution in [2.24, 2.45) is 5.73 Å². The van der Waals surface area contributed by atoms with Gasteiger partial charge < -0.3 is 15.6 Å². The molecule has 0 saturated heterocycles. The van der Waals surface area contributed by atoms with Crippen LogP contribution in [-0.4, -0.2) is 27.6 Å². The quantitative estimate of drug-likeness (QED) is 0.532. The Morgan fingerprint density at radius 3 is 2.30 bits per heavy atom. The minimum absolute atomic E-state index is 0.00256. The number of nitrogens with one attached hydrogen (secondary N) is 1. The van der Waals surface area contributed by atoms with Crippen LogP contribution >= 0.6 is 7.82 Å². The summed E-state index contributed by atoms with van der Waals surface area (Å²) < 4.78 is 15.0. The summed E-state index contributed by atoms with van der Waals surface area (Å²) >= 11 is 0. The number of primary amides is 1. The minimum atomic E-state index is -4.60. The lowest BCUT2D eigenvalue weighted by atomic mass is 10.1. The van der Waals surface area contributed by atoms with Crippen LogP contribution in [0.5, 0.6) is 5.75 Å². The first-order valence-corrected chi connectivity index (χ1v) is 7.11. The molecule has 1 aromatic carbocycles. The molecule has 8 nitrogen and oxygen atoms in total. The number of phosphoric acid groups is 1. The number of benzene rings is 1. The summed E-state index contributed by atoms with van der Waals surface area (Å²) in [5, 5.41) is 2.41. The van der Waals surface area contributed by atoms with Gasteiger partial charge >= 0.3 is 7.82 Å². The van der Waals surface area contributed by atoms with E-state index < -0.39 is 19.8 Å². The maximum Gasteiger partial charge on any atom is 0.524 e. The van der Waals surface area contributed by atoms with Crippen LogP contribution in [0.15, 0.2) is 24.3 Å². The van der Waals surface area contributed by atoms with Crippen molar-refractivity contribution in [3.05, 3.63) is 29.8 Å². The van der Waals surface area contributed by atoms with Crippen LogP contribution in [0.2, 0.25) is 0 Å². The Balaban J connectivity index is 2.75. The summed E-state index contributed by atoms with van der Waals surface area (Å²) in [4.78, 5) is 39.4. The monoisotopic (exact) mass is 302 g/mol. The van der Waals surface area contributed by atoms with E-state index in [1.807, 2.05) is 0 Å². The molecule has 9 heteroatoms. The van der Waals surface area contributed by atoms with Crippen molar-refractivity contribution in [3.8, 4) is 5.75 Å². The van der Waals surface area contributed by atoms with Gasteiger partial charge in [-0.2, -0.15) is 0 Å². The van der Waals surface area contributed by atoms with E-state index in [1.165, 1.54) is 31.2 Å². The molecule has 2 amide bonds. The standard InChI is InChI=1S/C11H15N2O6P/c1-7(14)13-10(11(12)15)6-8-2-4-9(5-3-8)19-20(16,17)18/h2-5,10H,6H2,1H3,(H2,12,15)(H,13,14)(H2,16,17,18). The second-order valence-corrected chi connectivity index (χ2v) is 5.25. The number of carbonyl (C=O) groups excluding carboxylic acids is 2. The zero-order valence-corrected chi connectivity index (χ0v) is 11.5. The molecule has 0 aromatic heterocycles. The summed E-state index contributed by atoms with van der Waals surface area (Å²) in [6.45, 7) is 1.27. The average molecular weight is 302 g/mol. The maximum atomic E-state index is 11.2. The van der Waals surface area contributed by atoms with E-state index in [2.05, 4.69) is 9.84 Å². The predicted molar refractivity (Wildman–Crippen MR) is 69.6 cm³/mol. The number of hydrogen-bond donors (Lipinski definition) is 4. The highest BCUT2D eigenvalue weighted by Gasteiger charge is 2.18. The predicted octanol–water partition coefficient (Wildman–Crippen LogP) is -0.309.